The van der Waals surface area contributed by atoms with Gasteiger partial charge in [0.25, 0.3) is 11.8 Å². The number of likely N-dealkylation sites (N-methyl/N-ethyl adjacent to an activating group) is 1. The molecule has 2 amide bonds. The van der Waals surface area contributed by atoms with Crippen LogP contribution in [0.15, 0.2) is 18.2 Å². The Balaban J connectivity index is 2.33. The fourth-order valence-corrected chi connectivity index (χ4v) is 2.63. The molecule has 0 fully saturated rings. The first-order chi connectivity index (χ1) is 14.8. The summed E-state index contributed by atoms with van der Waals surface area (Å²) in [4.78, 5) is 32.4. The Bertz CT molecular complexity index is 1010. The van der Waals surface area contributed by atoms with E-state index in [2.05, 4.69) is 15.3 Å². The predicted octanol–water partition coefficient (Wildman–Crippen LogP) is 1.66. The number of hydrogen-bond acceptors (Lipinski definition) is 8. The second-order valence-corrected chi connectivity index (χ2v) is 7.54. The number of benzene rings is 1. The van der Waals surface area contributed by atoms with Crippen LogP contribution >= 0.6 is 0 Å². The number of hydrogen-bond donors (Lipinski definition) is 5. The lowest BCUT2D eigenvalue weighted by Crippen LogP contribution is -2.37. The van der Waals surface area contributed by atoms with Gasteiger partial charge in [0.05, 0.1) is 6.61 Å². The summed E-state index contributed by atoms with van der Waals surface area (Å²) in [6, 6.07) is 3.02. The van der Waals surface area contributed by atoms with E-state index in [0.29, 0.717) is 11.1 Å². The van der Waals surface area contributed by atoms with Gasteiger partial charge in [-0.15, -0.1) is 0 Å². The van der Waals surface area contributed by atoms with Gasteiger partial charge in [-0.2, -0.15) is 4.98 Å². The number of amides is 2. The van der Waals surface area contributed by atoms with Crippen LogP contribution in [-0.4, -0.2) is 66.7 Å². The highest BCUT2D eigenvalue weighted by atomic mass is 19.1. The molecule has 12 heteroatoms. The molecular weight excluding hydrogens is 427 g/mol. The summed E-state index contributed by atoms with van der Waals surface area (Å²) >= 11 is 0. The maximum atomic E-state index is 13.4. The highest BCUT2D eigenvalue weighted by Gasteiger charge is 2.30. The summed E-state index contributed by atoms with van der Waals surface area (Å²) in [5.74, 6) is -5.07. The van der Waals surface area contributed by atoms with Crippen molar-refractivity contribution in [3.63, 3.8) is 0 Å². The fourth-order valence-electron chi connectivity index (χ4n) is 2.63. The van der Waals surface area contributed by atoms with Gasteiger partial charge in [-0.05, 0) is 38.0 Å². The number of aromatic nitrogens is 2. The third kappa shape index (κ3) is 6.25. The molecule has 0 bridgehead atoms. The van der Waals surface area contributed by atoms with Crippen molar-refractivity contribution >= 4 is 12.0 Å². The molecule has 0 saturated heterocycles. The number of nitrogens with one attached hydrogen (secondary N) is 1. The van der Waals surface area contributed by atoms with Crippen molar-refractivity contribution in [2.24, 2.45) is 0 Å². The van der Waals surface area contributed by atoms with Crippen molar-refractivity contribution in [3.05, 3.63) is 46.7 Å². The van der Waals surface area contributed by atoms with Gasteiger partial charge in [-0.3, -0.25) is 9.69 Å². The van der Waals surface area contributed by atoms with Crippen molar-refractivity contribution < 1.29 is 39.1 Å². The highest BCUT2D eigenvalue weighted by molar-refractivity contribution is 5.95. The van der Waals surface area contributed by atoms with Crippen LogP contribution in [-0.2, 0) is 11.3 Å². The smallest absolute Gasteiger partial charge is 0.407 e. The van der Waals surface area contributed by atoms with Crippen LogP contribution in [0.2, 0.25) is 0 Å². The minimum atomic E-state index is -1.61. The summed E-state index contributed by atoms with van der Waals surface area (Å²) in [5.41, 5.74) is 0.364. The number of nitrogens with zero attached hydrogens (tertiary/aromatic N) is 3. The monoisotopic (exact) mass is 452 g/mol. The van der Waals surface area contributed by atoms with Crippen LogP contribution in [0.25, 0.3) is 0 Å². The second-order valence-electron chi connectivity index (χ2n) is 7.54. The molecule has 0 aliphatic carbocycles. The van der Waals surface area contributed by atoms with Crippen LogP contribution in [0.1, 0.15) is 47.3 Å². The quantitative estimate of drug-likeness (QED) is 0.374. The average Bonchev–Trinajstić information content (AvgIpc) is 2.70. The van der Waals surface area contributed by atoms with Gasteiger partial charge in [0.15, 0.2) is 17.3 Å². The fraction of sp³-hybridized carbons (Fsp3) is 0.400. The molecule has 1 atom stereocenters. The maximum absolute atomic E-state index is 13.4. The largest absolute Gasteiger partial charge is 0.501 e. The SMILES string of the molecule is Cc1cc(CNC(=O)c2nc(C(COC(C)(C)O)N(C)C(=O)O)nc(O)c2O)ccc1F. The van der Waals surface area contributed by atoms with Gasteiger partial charge in [0, 0.05) is 13.6 Å². The van der Waals surface area contributed by atoms with Crippen LogP contribution < -0.4 is 5.32 Å². The maximum Gasteiger partial charge on any atom is 0.407 e. The van der Waals surface area contributed by atoms with Crippen molar-refractivity contribution in [1.29, 1.82) is 0 Å². The van der Waals surface area contributed by atoms with Gasteiger partial charge in [-0.1, -0.05) is 12.1 Å². The first-order valence-electron chi connectivity index (χ1n) is 9.45. The molecule has 0 spiro atoms. The predicted molar refractivity (Wildman–Crippen MR) is 108 cm³/mol. The summed E-state index contributed by atoms with van der Waals surface area (Å²) < 4.78 is 18.6. The van der Waals surface area contributed by atoms with E-state index in [1.54, 1.807) is 6.92 Å². The molecule has 11 nitrogen and oxygen atoms in total. The van der Waals surface area contributed by atoms with Gasteiger partial charge in [-0.25, -0.2) is 14.2 Å². The van der Waals surface area contributed by atoms with Gasteiger partial charge < -0.3 is 30.5 Å². The molecule has 0 aliphatic heterocycles. The first-order valence-corrected chi connectivity index (χ1v) is 9.45. The number of rotatable bonds is 8. The van der Waals surface area contributed by atoms with Crippen molar-refractivity contribution in [1.82, 2.24) is 20.2 Å². The second kappa shape index (κ2) is 9.75. The molecule has 174 valence electrons. The topological polar surface area (TPSA) is 165 Å². The number of aliphatic hydroxyl groups is 1. The van der Waals surface area contributed by atoms with Crippen LogP contribution in [0, 0.1) is 12.7 Å². The molecule has 1 unspecified atom stereocenters. The van der Waals surface area contributed by atoms with Crippen LogP contribution in [0.3, 0.4) is 0 Å². The van der Waals surface area contributed by atoms with E-state index in [-0.39, 0.29) is 12.4 Å². The van der Waals surface area contributed by atoms with E-state index in [1.165, 1.54) is 39.1 Å². The molecule has 2 aromatic rings. The zero-order chi connectivity index (χ0) is 24.2. The molecule has 0 aliphatic rings. The number of ether oxygens (including phenoxy) is 1. The number of carbonyl (C=O) groups is 2. The lowest BCUT2D eigenvalue weighted by atomic mass is 10.1. The molecule has 32 heavy (non-hydrogen) atoms. The van der Waals surface area contributed by atoms with Crippen LogP contribution in [0.5, 0.6) is 11.6 Å². The molecular formula is C20H25FN4O7. The molecule has 1 aromatic carbocycles. The summed E-state index contributed by atoms with van der Waals surface area (Å²) in [7, 11) is 1.19. The lowest BCUT2D eigenvalue weighted by Gasteiger charge is -2.28. The molecule has 0 saturated carbocycles. The Morgan fingerprint density at radius 2 is 1.94 bits per heavy atom. The minimum absolute atomic E-state index is 0.0280. The number of halogens is 1. The average molecular weight is 452 g/mol. The van der Waals surface area contributed by atoms with Gasteiger partial charge in [0.1, 0.15) is 11.9 Å². The van der Waals surface area contributed by atoms with E-state index >= 15 is 0 Å². The lowest BCUT2D eigenvalue weighted by molar-refractivity contribution is -0.184. The van der Waals surface area contributed by atoms with E-state index in [9.17, 15) is 34.4 Å². The highest BCUT2D eigenvalue weighted by Crippen LogP contribution is 2.29. The van der Waals surface area contributed by atoms with Crippen molar-refractivity contribution in [2.45, 2.75) is 39.1 Å². The Morgan fingerprint density at radius 1 is 1.28 bits per heavy atom. The molecule has 5 N–H and O–H groups in total. The number of aryl methyl sites for hydroxylation is 1. The minimum Gasteiger partial charge on any atom is -0.501 e. The van der Waals surface area contributed by atoms with E-state index in [4.69, 9.17) is 4.74 Å². The third-order valence-electron chi connectivity index (χ3n) is 4.44. The van der Waals surface area contributed by atoms with E-state index < -0.39 is 53.6 Å². The molecule has 1 heterocycles. The summed E-state index contributed by atoms with van der Waals surface area (Å²) in [5, 5.41) is 41.7. The van der Waals surface area contributed by atoms with Gasteiger partial charge >= 0.3 is 6.09 Å². The summed E-state index contributed by atoms with van der Waals surface area (Å²) in [6.07, 6.45) is -1.39. The van der Waals surface area contributed by atoms with Crippen molar-refractivity contribution in [3.8, 4) is 11.6 Å². The Morgan fingerprint density at radius 3 is 2.50 bits per heavy atom. The van der Waals surface area contributed by atoms with Crippen molar-refractivity contribution in [2.75, 3.05) is 13.7 Å². The zero-order valence-corrected chi connectivity index (χ0v) is 18.0. The Kier molecular flexibility index (Phi) is 7.54. The molecule has 0 radical (unpaired) electrons. The standard InChI is InChI=1S/C20H25FN4O7/c1-10-7-11(5-6-12(10)21)8-22-17(27)14-15(26)18(28)24-16(23-14)13(25(4)19(29)30)9-32-20(2,3)31/h5-7,13,26,31H,8-9H2,1-4H3,(H,22,27)(H,29,30)(H,23,24,28). The number of aromatic hydroxyl groups is 2. The Hall–Kier alpha value is -3.51. The normalized spacial score (nSPS) is 12.3. The number of carbonyl (C=O) groups excluding carboxylic acids is 1. The first kappa shape index (κ1) is 24.8. The van der Waals surface area contributed by atoms with Crippen LogP contribution in [0.4, 0.5) is 9.18 Å². The van der Waals surface area contributed by atoms with E-state index in [1.807, 2.05) is 0 Å². The summed E-state index contributed by atoms with van der Waals surface area (Å²) in [6.45, 7) is 3.79. The third-order valence-corrected chi connectivity index (χ3v) is 4.44. The molecule has 1 aromatic heterocycles. The van der Waals surface area contributed by atoms with E-state index in [0.717, 1.165) is 4.90 Å². The number of carboxylic acid groups (broad SMARTS) is 1. The Labute approximate surface area is 183 Å². The zero-order valence-electron chi connectivity index (χ0n) is 18.0. The molecule has 2 rings (SSSR count). The van der Waals surface area contributed by atoms with Gasteiger partial charge in [0.2, 0.25) is 5.75 Å².